The maximum Gasteiger partial charge on any atom is 0.106 e. The Morgan fingerprint density at radius 3 is 2.22 bits per heavy atom. The molecular formula is C15H14Cl2O. The van der Waals surface area contributed by atoms with E-state index in [0.29, 0.717) is 15.6 Å². The van der Waals surface area contributed by atoms with Gasteiger partial charge in [-0.3, -0.25) is 0 Å². The van der Waals surface area contributed by atoms with Crippen LogP contribution in [0.1, 0.15) is 28.4 Å². The first kappa shape index (κ1) is 13.4. The zero-order chi connectivity index (χ0) is 13.3. The number of halogens is 2. The third-order valence-electron chi connectivity index (χ3n) is 2.84. The van der Waals surface area contributed by atoms with E-state index in [4.69, 9.17) is 23.2 Å². The molecule has 0 fully saturated rings. The van der Waals surface area contributed by atoms with E-state index in [1.807, 2.05) is 26.0 Å². The molecule has 1 unspecified atom stereocenters. The molecule has 0 aliphatic heterocycles. The molecule has 0 aromatic heterocycles. The first-order chi connectivity index (χ1) is 8.49. The summed E-state index contributed by atoms with van der Waals surface area (Å²) in [4.78, 5) is 0. The van der Waals surface area contributed by atoms with Gasteiger partial charge in [0.25, 0.3) is 0 Å². The molecule has 0 aliphatic rings. The summed E-state index contributed by atoms with van der Waals surface area (Å²) in [6, 6.07) is 11.3. The first-order valence-corrected chi connectivity index (χ1v) is 6.45. The van der Waals surface area contributed by atoms with Crippen molar-refractivity contribution in [1.29, 1.82) is 0 Å². The van der Waals surface area contributed by atoms with Crippen LogP contribution >= 0.6 is 23.2 Å². The zero-order valence-corrected chi connectivity index (χ0v) is 11.8. The molecule has 2 aromatic rings. The van der Waals surface area contributed by atoms with Crippen LogP contribution in [0.2, 0.25) is 10.0 Å². The first-order valence-electron chi connectivity index (χ1n) is 5.69. The minimum Gasteiger partial charge on any atom is -0.384 e. The molecule has 2 rings (SSSR count). The van der Waals surface area contributed by atoms with Crippen molar-refractivity contribution in [2.45, 2.75) is 20.0 Å². The van der Waals surface area contributed by atoms with Gasteiger partial charge in [-0.2, -0.15) is 0 Å². The van der Waals surface area contributed by atoms with Gasteiger partial charge in [0.05, 0.1) is 10.0 Å². The Labute approximate surface area is 117 Å². The van der Waals surface area contributed by atoms with Gasteiger partial charge in [-0.15, -0.1) is 0 Å². The monoisotopic (exact) mass is 280 g/mol. The Morgan fingerprint density at radius 2 is 1.61 bits per heavy atom. The zero-order valence-electron chi connectivity index (χ0n) is 10.2. The lowest BCUT2D eigenvalue weighted by molar-refractivity contribution is 0.220. The highest BCUT2D eigenvalue weighted by atomic mass is 35.5. The van der Waals surface area contributed by atoms with Crippen molar-refractivity contribution >= 4 is 23.2 Å². The summed E-state index contributed by atoms with van der Waals surface area (Å²) in [5.41, 5.74) is 3.69. The number of benzene rings is 2. The van der Waals surface area contributed by atoms with Crippen LogP contribution in [0.25, 0.3) is 0 Å². The van der Waals surface area contributed by atoms with Crippen molar-refractivity contribution < 1.29 is 5.11 Å². The fraction of sp³-hybridized carbons (Fsp3) is 0.200. The third kappa shape index (κ3) is 2.69. The van der Waals surface area contributed by atoms with Gasteiger partial charge in [-0.1, -0.05) is 64.7 Å². The van der Waals surface area contributed by atoms with E-state index in [1.54, 1.807) is 18.2 Å². The maximum atomic E-state index is 10.4. The van der Waals surface area contributed by atoms with E-state index in [9.17, 15) is 5.11 Å². The lowest BCUT2D eigenvalue weighted by atomic mass is 9.98. The van der Waals surface area contributed by atoms with Crippen molar-refractivity contribution in [3.63, 3.8) is 0 Å². The second-order valence-electron chi connectivity index (χ2n) is 4.47. The summed E-state index contributed by atoms with van der Waals surface area (Å²) in [6.45, 7) is 4.01. The van der Waals surface area contributed by atoms with E-state index in [0.717, 1.165) is 16.7 Å². The van der Waals surface area contributed by atoms with Crippen molar-refractivity contribution in [2.24, 2.45) is 0 Å². The van der Waals surface area contributed by atoms with Gasteiger partial charge in [-0.05, 0) is 25.5 Å². The summed E-state index contributed by atoms with van der Waals surface area (Å²) >= 11 is 12.1. The van der Waals surface area contributed by atoms with Gasteiger partial charge in [0, 0.05) is 5.56 Å². The van der Waals surface area contributed by atoms with Crippen molar-refractivity contribution in [3.05, 3.63) is 68.7 Å². The van der Waals surface area contributed by atoms with Crippen LogP contribution in [0.3, 0.4) is 0 Å². The molecule has 0 heterocycles. The summed E-state index contributed by atoms with van der Waals surface area (Å²) in [5.74, 6) is 0. The lowest BCUT2D eigenvalue weighted by Gasteiger charge is -2.15. The van der Waals surface area contributed by atoms with Gasteiger partial charge in [0.2, 0.25) is 0 Å². The van der Waals surface area contributed by atoms with Crippen LogP contribution < -0.4 is 0 Å². The molecule has 18 heavy (non-hydrogen) atoms. The molecule has 1 atom stereocenters. The molecule has 0 radical (unpaired) electrons. The second-order valence-corrected chi connectivity index (χ2v) is 5.25. The molecule has 0 saturated carbocycles. The number of hydrogen-bond acceptors (Lipinski definition) is 1. The second kappa shape index (κ2) is 5.31. The number of rotatable bonds is 2. The van der Waals surface area contributed by atoms with Crippen LogP contribution in [0, 0.1) is 13.8 Å². The summed E-state index contributed by atoms with van der Waals surface area (Å²) in [6.07, 6.45) is -0.755. The summed E-state index contributed by atoms with van der Waals surface area (Å²) < 4.78 is 0. The molecule has 3 heteroatoms. The van der Waals surface area contributed by atoms with Gasteiger partial charge < -0.3 is 5.11 Å². The SMILES string of the molecule is Cc1cc(C)cc(C(O)c2cccc(Cl)c2Cl)c1. The highest BCUT2D eigenvalue weighted by Crippen LogP contribution is 2.33. The number of aryl methyl sites for hydroxylation is 2. The standard InChI is InChI=1S/C15H14Cl2O/c1-9-6-10(2)8-11(7-9)15(18)12-4-3-5-13(16)14(12)17/h3-8,15,18H,1-2H3. The number of aliphatic hydroxyl groups is 1. The van der Waals surface area contributed by atoms with Crippen molar-refractivity contribution in [2.75, 3.05) is 0 Å². The fourth-order valence-electron chi connectivity index (χ4n) is 2.08. The predicted octanol–water partition coefficient (Wildman–Crippen LogP) is 4.69. The average Bonchev–Trinajstić information content (AvgIpc) is 2.30. The minimum atomic E-state index is -0.755. The molecule has 1 nitrogen and oxygen atoms in total. The molecule has 0 amide bonds. The molecule has 94 valence electrons. The van der Waals surface area contributed by atoms with Crippen LogP contribution in [-0.4, -0.2) is 5.11 Å². The Bertz CT molecular complexity index is 558. The molecular weight excluding hydrogens is 267 g/mol. The van der Waals surface area contributed by atoms with E-state index in [1.165, 1.54) is 0 Å². The van der Waals surface area contributed by atoms with Gasteiger partial charge in [0.15, 0.2) is 0 Å². The highest BCUT2D eigenvalue weighted by molar-refractivity contribution is 6.42. The summed E-state index contributed by atoms with van der Waals surface area (Å²) in [5, 5.41) is 11.3. The number of aliphatic hydroxyl groups excluding tert-OH is 1. The highest BCUT2D eigenvalue weighted by Gasteiger charge is 2.16. The summed E-state index contributed by atoms with van der Waals surface area (Å²) in [7, 11) is 0. The van der Waals surface area contributed by atoms with Gasteiger partial charge in [-0.25, -0.2) is 0 Å². The van der Waals surface area contributed by atoms with Gasteiger partial charge in [0.1, 0.15) is 6.10 Å². The molecule has 0 spiro atoms. The van der Waals surface area contributed by atoms with E-state index in [2.05, 4.69) is 6.07 Å². The van der Waals surface area contributed by atoms with Crippen LogP contribution in [0.4, 0.5) is 0 Å². The van der Waals surface area contributed by atoms with Crippen molar-refractivity contribution in [1.82, 2.24) is 0 Å². The smallest absolute Gasteiger partial charge is 0.106 e. The molecule has 2 aromatic carbocycles. The Morgan fingerprint density at radius 1 is 1.00 bits per heavy atom. The Hall–Kier alpha value is -1.02. The topological polar surface area (TPSA) is 20.2 Å². The lowest BCUT2D eigenvalue weighted by Crippen LogP contribution is -2.01. The van der Waals surface area contributed by atoms with Crippen LogP contribution in [0.15, 0.2) is 36.4 Å². The predicted molar refractivity (Wildman–Crippen MR) is 76.4 cm³/mol. The largest absolute Gasteiger partial charge is 0.384 e. The minimum absolute atomic E-state index is 0.408. The van der Waals surface area contributed by atoms with Crippen LogP contribution in [0.5, 0.6) is 0 Å². The molecule has 0 bridgehead atoms. The average molecular weight is 281 g/mol. The Kier molecular flexibility index (Phi) is 3.96. The molecule has 0 saturated heterocycles. The molecule has 1 N–H and O–H groups in total. The number of hydrogen-bond donors (Lipinski definition) is 1. The van der Waals surface area contributed by atoms with E-state index >= 15 is 0 Å². The normalized spacial score (nSPS) is 12.5. The van der Waals surface area contributed by atoms with Crippen LogP contribution in [-0.2, 0) is 0 Å². The van der Waals surface area contributed by atoms with E-state index < -0.39 is 6.10 Å². The van der Waals surface area contributed by atoms with E-state index in [-0.39, 0.29) is 0 Å². The maximum absolute atomic E-state index is 10.4. The quantitative estimate of drug-likeness (QED) is 0.846. The third-order valence-corrected chi connectivity index (χ3v) is 3.67. The van der Waals surface area contributed by atoms with Crippen molar-refractivity contribution in [3.8, 4) is 0 Å². The fourth-order valence-corrected chi connectivity index (χ4v) is 2.49. The molecule has 0 aliphatic carbocycles. The Balaban J connectivity index is 2.47. The van der Waals surface area contributed by atoms with Gasteiger partial charge >= 0.3 is 0 Å².